The third kappa shape index (κ3) is 3.18. The molecule has 0 saturated carbocycles. The molecule has 1 aliphatic heterocycles. The van der Waals surface area contributed by atoms with Crippen molar-refractivity contribution in [2.45, 2.75) is 12.5 Å². The topological polar surface area (TPSA) is 70.1 Å². The third-order valence-electron chi connectivity index (χ3n) is 2.72. The molecule has 1 atom stereocenters. The first kappa shape index (κ1) is 12.9. The average Bonchev–Trinajstić information content (AvgIpc) is 2.21. The molecule has 0 aromatic rings. The molecule has 0 bridgehead atoms. The van der Waals surface area contributed by atoms with Gasteiger partial charge in [-0.15, -0.1) is 0 Å². The number of methoxy groups -OCH3 is 1. The molecule has 0 aliphatic carbocycles. The molecule has 1 N–H and O–H groups in total. The van der Waals surface area contributed by atoms with Crippen LogP contribution >= 0.6 is 0 Å². The number of carbonyl (C=O) groups is 2. The van der Waals surface area contributed by atoms with Gasteiger partial charge in [-0.2, -0.15) is 0 Å². The van der Waals surface area contributed by atoms with Crippen LogP contribution in [0.1, 0.15) is 6.42 Å². The Balaban J connectivity index is 2.51. The van der Waals surface area contributed by atoms with Crippen LogP contribution in [0.5, 0.6) is 0 Å². The Bertz CT molecular complexity index is 270. The average molecular weight is 230 g/mol. The number of piperazine rings is 1. The second-order valence-corrected chi connectivity index (χ2v) is 3.96. The predicted octanol–water partition coefficient (Wildman–Crippen LogP) is -0.750. The van der Waals surface area contributed by atoms with Gasteiger partial charge in [-0.1, -0.05) is 0 Å². The number of nitrogens with zero attached hydrogens (tertiary/aromatic N) is 2. The Morgan fingerprint density at radius 3 is 2.88 bits per heavy atom. The summed E-state index contributed by atoms with van der Waals surface area (Å²) in [6, 6.07) is -0.597. The molecule has 1 fully saturated rings. The van der Waals surface area contributed by atoms with Crippen LogP contribution in [-0.2, 0) is 14.3 Å². The van der Waals surface area contributed by atoms with E-state index in [9.17, 15) is 9.59 Å². The molecule has 0 radical (unpaired) electrons. The van der Waals surface area contributed by atoms with E-state index >= 15 is 0 Å². The standard InChI is InChI=1S/C10H18N2O4/c1-11-7-9(13)12(4-3-5-16-2)6-8(11)10(14)15/h8H,3-7H2,1-2H3,(H,14,15). The van der Waals surface area contributed by atoms with Crippen LogP contribution in [0, 0.1) is 0 Å². The molecule has 16 heavy (non-hydrogen) atoms. The lowest BCUT2D eigenvalue weighted by molar-refractivity contribution is -0.150. The minimum Gasteiger partial charge on any atom is -0.480 e. The van der Waals surface area contributed by atoms with Crippen LogP contribution in [0.15, 0.2) is 0 Å². The Kier molecular flexibility index (Phi) is 4.70. The van der Waals surface area contributed by atoms with Crippen LogP contribution in [-0.4, -0.2) is 73.2 Å². The maximum Gasteiger partial charge on any atom is 0.322 e. The van der Waals surface area contributed by atoms with E-state index in [4.69, 9.17) is 9.84 Å². The number of ether oxygens (including phenoxy) is 1. The first-order valence-electron chi connectivity index (χ1n) is 5.26. The van der Waals surface area contributed by atoms with E-state index < -0.39 is 12.0 Å². The second-order valence-electron chi connectivity index (χ2n) is 3.96. The minimum atomic E-state index is -0.883. The maximum atomic E-state index is 11.6. The molecule has 1 amide bonds. The number of hydrogen-bond acceptors (Lipinski definition) is 4. The summed E-state index contributed by atoms with van der Waals surface area (Å²) in [6.45, 7) is 1.57. The van der Waals surface area contributed by atoms with Gasteiger partial charge in [-0.05, 0) is 13.5 Å². The van der Waals surface area contributed by atoms with E-state index in [1.807, 2.05) is 0 Å². The van der Waals surface area contributed by atoms with E-state index in [1.54, 1.807) is 24.0 Å². The van der Waals surface area contributed by atoms with Crippen molar-refractivity contribution in [3.8, 4) is 0 Å². The molecule has 0 spiro atoms. The summed E-state index contributed by atoms with van der Waals surface area (Å²) >= 11 is 0. The first-order valence-corrected chi connectivity index (χ1v) is 5.26. The van der Waals surface area contributed by atoms with Crippen LogP contribution in [0.4, 0.5) is 0 Å². The fourth-order valence-corrected chi connectivity index (χ4v) is 1.76. The SMILES string of the molecule is COCCCN1CC(C(=O)O)N(C)CC1=O. The first-order chi connectivity index (χ1) is 7.56. The number of carboxylic acids is 1. The molecule has 1 heterocycles. The quantitative estimate of drug-likeness (QED) is 0.629. The summed E-state index contributed by atoms with van der Waals surface area (Å²) in [4.78, 5) is 25.7. The predicted molar refractivity (Wildman–Crippen MR) is 57.1 cm³/mol. The molecule has 1 aliphatic rings. The Morgan fingerprint density at radius 1 is 1.62 bits per heavy atom. The van der Waals surface area contributed by atoms with Crippen molar-refractivity contribution >= 4 is 11.9 Å². The highest BCUT2D eigenvalue weighted by molar-refractivity contribution is 5.83. The van der Waals surface area contributed by atoms with Gasteiger partial charge in [0.1, 0.15) is 6.04 Å². The molecule has 1 rings (SSSR count). The highest BCUT2D eigenvalue weighted by Gasteiger charge is 2.33. The lowest BCUT2D eigenvalue weighted by Crippen LogP contribution is -2.57. The van der Waals surface area contributed by atoms with E-state index in [1.165, 1.54) is 0 Å². The zero-order chi connectivity index (χ0) is 12.1. The van der Waals surface area contributed by atoms with Crippen molar-refractivity contribution in [2.75, 3.05) is 40.4 Å². The fraction of sp³-hybridized carbons (Fsp3) is 0.800. The van der Waals surface area contributed by atoms with Crippen molar-refractivity contribution in [1.29, 1.82) is 0 Å². The molecule has 1 unspecified atom stereocenters. The van der Waals surface area contributed by atoms with Crippen LogP contribution in [0.2, 0.25) is 0 Å². The van der Waals surface area contributed by atoms with Crippen LogP contribution in [0.25, 0.3) is 0 Å². The minimum absolute atomic E-state index is 0.0175. The lowest BCUT2D eigenvalue weighted by Gasteiger charge is -2.36. The molecular weight excluding hydrogens is 212 g/mol. The van der Waals surface area contributed by atoms with Gasteiger partial charge in [0.05, 0.1) is 6.54 Å². The van der Waals surface area contributed by atoms with E-state index in [0.29, 0.717) is 13.2 Å². The molecule has 6 nitrogen and oxygen atoms in total. The zero-order valence-corrected chi connectivity index (χ0v) is 9.68. The molecule has 1 saturated heterocycles. The summed E-state index contributed by atoms with van der Waals surface area (Å²) in [7, 11) is 3.26. The van der Waals surface area contributed by atoms with Crippen LogP contribution in [0.3, 0.4) is 0 Å². The molecular formula is C10H18N2O4. The summed E-state index contributed by atoms with van der Waals surface area (Å²) in [5.41, 5.74) is 0. The lowest BCUT2D eigenvalue weighted by atomic mass is 10.1. The number of carboxylic acid groups (broad SMARTS) is 1. The summed E-state index contributed by atoms with van der Waals surface area (Å²) in [5, 5.41) is 8.98. The number of hydrogen-bond donors (Lipinski definition) is 1. The van der Waals surface area contributed by atoms with Gasteiger partial charge >= 0.3 is 5.97 Å². The van der Waals surface area contributed by atoms with E-state index in [2.05, 4.69) is 0 Å². The van der Waals surface area contributed by atoms with Gasteiger partial charge < -0.3 is 14.7 Å². The highest BCUT2D eigenvalue weighted by Crippen LogP contribution is 2.09. The van der Waals surface area contributed by atoms with Crippen molar-refractivity contribution in [2.24, 2.45) is 0 Å². The molecule has 6 heteroatoms. The smallest absolute Gasteiger partial charge is 0.322 e. The molecule has 92 valence electrons. The Labute approximate surface area is 94.8 Å². The number of amides is 1. The van der Waals surface area contributed by atoms with Crippen molar-refractivity contribution in [1.82, 2.24) is 9.80 Å². The summed E-state index contributed by atoms with van der Waals surface area (Å²) in [6.07, 6.45) is 0.734. The van der Waals surface area contributed by atoms with Gasteiger partial charge in [0, 0.05) is 26.8 Å². The fourth-order valence-electron chi connectivity index (χ4n) is 1.76. The van der Waals surface area contributed by atoms with Gasteiger partial charge in [-0.25, -0.2) is 0 Å². The number of likely N-dealkylation sites (N-methyl/N-ethyl adjacent to an activating group) is 1. The van der Waals surface area contributed by atoms with Crippen LogP contribution < -0.4 is 0 Å². The summed E-state index contributed by atoms with van der Waals surface area (Å²) in [5.74, 6) is -0.900. The van der Waals surface area contributed by atoms with Crippen molar-refractivity contribution in [3.05, 3.63) is 0 Å². The second kappa shape index (κ2) is 5.81. The largest absolute Gasteiger partial charge is 0.480 e. The van der Waals surface area contributed by atoms with E-state index in [0.717, 1.165) is 6.42 Å². The number of rotatable bonds is 5. The molecule has 0 aromatic heterocycles. The summed E-state index contributed by atoms with van der Waals surface area (Å²) < 4.78 is 4.90. The van der Waals surface area contributed by atoms with Crippen molar-refractivity contribution in [3.63, 3.8) is 0 Å². The maximum absolute atomic E-state index is 11.6. The number of aliphatic carboxylic acids is 1. The van der Waals surface area contributed by atoms with Gasteiger partial charge in [0.2, 0.25) is 5.91 Å². The normalized spacial score (nSPS) is 22.5. The molecule has 0 aromatic carbocycles. The zero-order valence-electron chi connectivity index (χ0n) is 9.68. The van der Waals surface area contributed by atoms with Gasteiger partial charge in [0.25, 0.3) is 0 Å². The van der Waals surface area contributed by atoms with Gasteiger partial charge in [0.15, 0.2) is 0 Å². The Morgan fingerprint density at radius 2 is 2.31 bits per heavy atom. The van der Waals surface area contributed by atoms with Gasteiger partial charge in [-0.3, -0.25) is 14.5 Å². The van der Waals surface area contributed by atoms with Crippen molar-refractivity contribution < 1.29 is 19.4 Å². The van der Waals surface area contributed by atoms with E-state index in [-0.39, 0.29) is 19.0 Å². The highest BCUT2D eigenvalue weighted by atomic mass is 16.5. The Hall–Kier alpha value is -1.14. The monoisotopic (exact) mass is 230 g/mol. The third-order valence-corrected chi connectivity index (χ3v) is 2.72. The number of carbonyl (C=O) groups excluding carboxylic acids is 1.